The summed E-state index contributed by atoms with van der Waals surface area (Å²) in [6, 6.07) is 9.05. The summed E-state index contributed by atoms with van der Waals surface area (Å²) in [4.78, 5) is 15.6. The van der Waals surface area contributed by atoms with Crippen molar-refractivity contribution in [2.75, 3.05) is 20.3 Å². The van der Waals surface area contributed by atoms with Crippen LogP contribution in [0.1, 0.15) is 29.1 Å². The molecule has 2 rings (SSSR count). The maximum Gasteiger partial charge on any atom is 0.254 e. The number of carbonyl (C=O) groups is 1. The number of hydrogen-bond acceptors (Lipinski definition) is 4. The maximum atomic E-state index is 12.7. The van der Waals surface area contributed by atoms with Crippen LogP contribution in [0.2, 0.25) is 4.34 Å². The van der Waals surface area contributed by atoms with Crippen LogP contribution in [0.25, 0.3) is 0 Å². The number of thiophene rings is 1. The second-order valence-corrected chi connectivity index (χ2v) is 6.62. The average Bonchev–Trinajstić information content (AvgIpc) is 2.97. The number of carbonyl (C=O) groups excluding carboxylic acids is 1. The average molecular weight is 354 g/mol. The fraction of sp³-hybridized carbons (Fsp3) is 0.353. The molecule has 0 aliphatic rings. The van der Waals surface area contributed by atoms with Gasteiger partial charge in [0.05, 0.1) is 24.6 Å². The summed E-state index contributed by atoms with van der Waals surface area (Å²) in [6.45, 7) is 5.57. The molecule has 2 aromatic rings. The lowest BCUT2D eigenvalue weighted by atomic mass is 10.1. The fourth-order valence-corrected chi connectivity index (χ4v) is 3.31. The van der Waals surface area contributed by atoms with E-state index < -0.39 is 0 Å². The normalized spacial score (nSPS) is 10.4. The highest BCUT2D eigenvalue weighted by molar-refractivity contribution is 7.16. The molecule has 0 fully saturated rings. The Balaban J connectivity index is 2.19. The van der Waals surface area contributed by atoms with E-state index in [4.69, 9.17) is 21.1 Å². The van der Waals surface area contributed by atoms with E-state index in [1.54, 1.807) is 30.2 Å². The van der Waals surface area contributed by atoms with Crippen molar-refractivity contribution in [3.05, 3.63) is 45.1 Å². The van der Waals surface area contributed by atoms with Crippen molar-refractivity contribution in [3.63, 3.8) is 0 Å². The van der Waals surface area contributed by atoms with Gasteiger partial charge in [0.15, 0.2) is 11.5 Å². The molecule has 1 heterocycles. The van der Waals surface area contributed by atoms with Gasteiger partial charge >= 0.3 is 0 Å². The molecule has 0 saturated carbocycles. The molecule has 0 unspecified atom stereocenters. The highest BCUT2D eigenvalue weighted by Gasteiger charge is 2.17. The summed E-state index contributed by atoms with van der Waals surface area (Å²) in [5.74, 6) is 1.16. The van der Waals surface area contributed by atoms with E-state index in [2.05, 4.69) is 0 Å². The molecular formula is C17H20ClNO3S. The van der Waals surface area contributed by atoms with Gasteiger partial charge in [-0.2, -0.15) is 0 Å². The van der Waals surface area contributed by atoms with E-state index in [-0.39, 0.29) is 5.91 Å². The summed E-state index contributed by atoms with van der Waals surface area (Å²) in [7, 11) is 1.57. The number of amides is 1. The zero-order chi connectivity index (χ0) is 16.8. The molecule has 1 aromatic carbocycles. The van der Waals surface area contributed by atoms with Gasteiger partial charge in [-0.1, -0.05) is 11.6 Å². The van der Waals surface area contributed by atoms with Crippen molar-refractivity contribution in [2.24, 2.45) is 0 Å². The molecular weight excluding hydrogens is 334 g/mol. The number of halogens is 1. The van der Waals surface area contributed by atoms with E-state index in [1.165, 1.54) is 11.3 Å². The topological polar surface area (TPSA) is 38.8 Å². The first-order valence-electron chi connectivity index (χ1n) is 7.43. The molecule has 1 aromatic heterocycles. The Morgan fingerprint density at radius 3 is 2.57 bits per heavy atom. The van der Waals surface area contributed by atoms with Gasteiger partial charge in [0.2, 0.25) is 0 Å². The quantitative estimate of drug-likeness (QED) is 0.737. The summed E-state index contributed by atoms with van der Waals surface area (Å²) in [6.07, 6.45) is 0. The van der Waals surface area contributed by atoms with Gasteiger partial charge in [-0.25, -0.2) is 0 Å². The van der Waals surface area contributed by atoms with Gasteiger partial charge < -0.3 is 14.4 Å². The van der Waals surface area contributed by atoms with Crippen LogP contribution in [0.3, 0.4) is 0 Å². The Morgan fingerprint density at radius 2 is 2.00 bits per heavy atom. The lowest BCUT2D eigenvalue weighted by Crippen LogP contribution is -2.30. The van der Waals surface area contributed by atoms with Gasteiger partial charge in [0, 0.05) is 17.0 Å². The number of rotatable bonds is 7. The minimum atomic E-state index is -0.0432. The van der Waals surface area contributed by atoms with Crippen LogP contribution in [0.4, 0.5) is 0 Å². The molecule has 0 spiro atoms. The van der Waals surface area contributed by atoms with Crippen LogP contribution < -0.4 is 9.47 Å². The first-order chi connectivity index (χ1) is 11.1. The summed E-state index contributed by atoms with van der Waals surface area (Å²) in [5.41, 5.74) is 0.579. The van der Waals surface area contributed by atoms with Gasteiger partial charge in [-0.3, -0.25) is 4.79 Å². The smallest absolute Gasteiger partial charge is 0.254 e. The minimum absolute atomic E-state index is 0.0432. The fourth-order valence-electron chi connectivity index (χ4n) is 2.21. The molecule has 1 amide bonds. The van der Waals surface area contributed by atoms with Crippen LogP contribution in [0.15, 0.2) is 30.3 Å². The molecule has 0 radical (unpaired) electrons. The molecule has 0 aliphatic carbocycles. The van der Waals surface area contributed by atoms with Gasteiger partial charge in [0.25, 0.3) is 5.91 Å². The van der Waals surface area contributed by atoms with Crippen LogP contribution in [-0.2, 0) is 6.54 Å². The number of ether oxygens (including phenoxy) is 2. The van der Waals surface area contributed by atoms with Crippen LogP contribution in [0, 0.1) is 0 Å². The SMILES string of the molecule is CCOc1ccc(C(=O)N(CC)Cc2ccc(Cl)s2)cc1OC. The predicted molar refractivity (Wildman–Crippen MR) is 93.9 cm³/mol. The first kappa shape index (κ1) is 17.6. The standard InChI is InChI=1S/C17H20ClNO3S/c1-4-19(11-13-7-9-16(18)23-13)17(20)12-6-8-14(22-5-2)15(10-12)21-3/h6-10H,4-5,11H2,1-3H3. The Kier molecular flexibility index (Phi) is 6.30. The van der Waals surface area contributed by atoms with Crippen molar-refractivity contribution < 1.29 is 14.3 Å². The third-order valence-corrected chi connectivity index (χ3v) is 4.57. The summed E-state index contributed by atoms with van der Waals surface area (Å²) < 4.78 is 11.5. The summed E-state index contributed by atoms with van der Waals surface area (Å²) >= 11 is 7.44. The Hall–Kier alpha value is -1.72. The predicted octanol–water partition coefficient (Wildman–Crippen LogP) is 4.47. The largest absolute Gasteiger partial charge is 0.493 e. The number of nitrogens with zero attached hydrogens (tertiary/aromatic N) is 1. The van der Waals surface area contributed by atoms with Crippen LogP contribution in [0.5, 0.6) is 11.5 Å². The number of benzene rings is 1. The Morgan fingerprint density at radius 1 is 1.22 bits per heavy atom. The maximum absolute atomic E-state index is 12.7. The van der Waals surface area contributed by atoms with E-state index in [0.717, 1.165) is 9.21 Å². The van der Waals surface area contributed by atoms with Crippen molar-refractivity contribution in [3.8, 4) is 11.5 Å². The zero-order valence-electron chi connectivity index (χ0n) is 13.5. The molecule has 0 bridgehead atoms. The molecule has 0 aliphatic heterocycles. The summed E-state index contributed by atoms with van der Waals surface area (Å²) in [5, 5.41) is 0. The van der Waals surface area contributed by atoms with E-state index in [1.807, 2.05) is 26.0 Å². The molecule has 0 atom stereocenters. The van der Waals surface area contributed by atoms with Gasteiger partial charge in [0.1, 0.15) is 0 Å². The number of methoxy groups -OCH3 is 1. The Bertz CT molecular complexity index is 672. The van der Waals surface area contributed by atoms with E-state index >= 15 is 0 Å². The third kappa shape index (κ3) is 4.39. The molecule has 124 valence electrons. The lowest BCUT2D eigenvalue weighted by Gasteiger charge is -2.21. The highest BCUT2D eigenvalue weighted by atomic mass is 35.5. The van der Waals surface area contributed by atoms with Crippen molar-refractivity contribution in [1.82, 2.24) is 4.90 Å². The molecule has 6 heteroatoms. The molecule has 0 N–H and O–H groups in total. The zero-order valence-corrected chi connectivity index (χ0v) is 15.0. The second kappa shape index (κ2) is 8.22. The molecule has 0 saturated heterocycles. The van der Waals surface area contributed by atoms with E-state index in [0.29, 0.717) is 36.8 Å². The lowest BCUT2D eigenvalue weighted by molar-refractivity contribution is 0.0753. The molecule has 23 heavy (non-hydrogen) atoms. The Labute approximate surface area is 145 Å². The van der Waals surface area contributed by atoms with E-state index in [9.17, 15) is 4.79 Å². The van der Waals surface area contributed by atoms with Gasteiger partial charge in [-0.05, 0) is 44.2 Å². The van der Waals surface area contributed by atoms with Gasteiger partial charge in [-0.15, -0.1) is 11.3 Å². The van der Waals surface area contributed by atoms with Crippen molar-refractivity contribution >= 4 is 28.8 Å². The minimum Gasteiger partial charge on any atom is -0.493 e. The van der Waals surface area contributed by atoms with Crippen molar-refractivity contribution in [2.45, 2.75) is 20.4 Å². The van der Waals surface area contributed by atoms with Crippen molar-refractivity contribution in [1.29, 1.82) is 0 Å². The molecule has 4 nitrogen and oxygen atoms in total. The van der Waals surface area contributed by atoms with Crippen LogP contribution in [-0.4, -0.2) is 31.1 Å². The number of hydrogen-bond donors (Lipinski definition) is 0. The second-order valence-electron chi connectivity index (χ2n) is 4.82. The third-order valence-electron chi connectivity index (χ3n) is 3.35. The van der Waals surface area contributed by atoms with Crippen LogP contribution >= 0.6 is 22.9 Å². The first-order valence-corrected chi connectivity index (χ1v) is 8.62. The highest BCUT2D eigenvalue weighted by Crippen LogP contribution is 2.29. The monoisotopic (exact) mass is 353 g/mol.